The lowest BCUT2D eigenvalue weighted by atomic mass is 9.68. The summed E-state index contributed by atoms with van der Waals surface area (Å²) in [5, 5.41) is 13.7. The first-order valence-electron chi connectivity index (χ1n) is 7.31. The van der Waals surface area contributed by atoms with Crippen LogP contribution in [0.5, 0.6) is 0 Å². The fourth-order valence-electron chi connectivity index (χ4n) is 3.73. The molecule has 0 amide bonds. The Balaban J connectivity index is 2.14. The lowest BCUT2D eigenvalue weighted by Gasteiger charge is -2.52. The minimum atomic E-state index is -0.541. The number of methoxy groups -OCH3 is 1. The van der Waals surface area contributed by atoms with Crippen LogP contribution in [0.1, 0.15) is 31.2 Å². The van der Waals surface area contributed by atoms with Crippen molar-refractivity contribution in [3.63, 3.8) is 0 Å². The van der Waals surface area contributed by atoms with Crippen molar-refractivity contribution in [3.05, 3.63) is 29.8 Å². The Morgan fingerprint density at radius 1 is 1.35 bits per heavy atom. The van der Waals surface area contributed by atoms with Gasteiger partial charge in [-0.1, -0.05) is 24.6 Å². The van der Waals surface area contributed by atoms with E-state index in [2.05, 4.69) is 16.4 Å². The van der Waals surface area contributed by atoms with Gasteiger partial charge in [-0.15, -0.1) is 0 Å². The third kappa shape index (κ3) is 1.83. The number of piperidine rings is 1. The average molecular weight is 274 g/mol. The van der Waals surface area contributed by atoms with Crippen LogP contribution < -0.4 is 5.32 Å². The number of benzene rings is 1. The second-order valence-corrected chi connectivity index (χ2v) is 5.69. The SMILES string of the molecule is COC1(C2(CO)CCCCN2)CC=Nc2ccccc21. The normalized spacial score (nSPS) is 32.9. The number of hydrogen-bond acceptors (Lipinski definition) is 4. The van der Waals surface area contributed by atoms with E-state index in [1.165, 1.54) is 0 Å². The number of hydrogen-bond donors (Lipinski definition) is 2. The molecule has 0 aliphatic carbocycles. The Kier molecular flexibility index (Phi) is 3.63. The molecular weight excluding hydrogens is 252 g/mol. The number of nitrogens with one attached hydrogen (secondary N) is 1. The maximum atomic E-state index is 10.1. The van der Waals surface area contributed by atoms with E-state index < -0.39 is 11.1 Å². The first-order valence-corrected chi connectivity index (χ1v) is 7.31. The van der Waals surface area contributed by atoms with Crippen LogP contribution in [0.15, 0.2) is 29.3 Å². The van der Waals surface area contributed by atoms with Crippen molar-refractivity contribution >= 4 is 11.9 Å². The lowest BCUT2D eigenvalue weighted by Crippen LogP contribution is -2.66. The zero-order valence-corrected chi connectivity index (χ0v) is 11.9. The molecule has 1 fully saturated rings. The third-order valence-electron chi connectivity index (χ3n) is 4.83. The quantitative estimate of drug-likeness (QED) is 0.888. The van der Waals surface area contributed by atoms with Crippen molar-refractivity contribution in [3.8, 4) is 0 Å². The number of aliphatic imine (C=N–C) groups is 1. The van der Waals surface area contributed by atoms with Gasteiger partial charge in [-0.05, 0) is 25.5 Å². The molecule has 2 heterocycles. The van der Waals surface area contributed by atoms with Gasteiger partial charge in [0, 0.05) is 25.3 Å². The summed E-state index contributed by atoms with van der Waals surface area (Å²) in [6, 6.07) is 8.08. The minimum absolute atomic E-state index is 0.0724. The zero-order valence-electron chi connectivity index (χ0n) is 11.9. The largest absolute Gasteiger partial charge is 0.394 e. The predicted molar refractivity (Wildman–Crippen MR) is 79.6 cm³/mol. The van der Waals surface area contributed by atoms with Crippen molar-refractivity contribution in [2.45, 2.75) is 36.8 Å². The molecule has 2 atom stereocenters. The topological polar surface area (TPSA) is 53.9 Å². The van der Waals surface area contributed by atoms with Crippen molar-refractivity contribution in [1.29, 1.82) is 0 Å². The summed E-state index contributed by atoms with van der Waals surface area (Å²) in [5.41, 5.74) is 1.05. The average Bonchev–Trinajstić information content (AvgIpc) is 2.54. The molecule has 108 valence electrons. The standard InChI is InChI=1S/C16H22N2O2/c1-20-16(15(12-19)8-4-5-10-18-15)9-11-17-14-7-3-2-6-13(14)16/h2-3,6-7,11,18-19H,4-5,8-10,12H2,1H3. The summed E-state index contributed by atoms with van der Waals surface area (Å²) < 4.78 is 6.03. The van der Waals surface area contributed by atoms with Gasteiger partial charge in [0.25, 0.3) is 0 Å². The van der Waals surface area contributed by atoms with Crippen LogP contribution in [0.2, 0.25) is 0 Å². The van der Waals surface area contributed by atoms with Gasteiger partial charge in [-0.25, -0.2) is 0 Å². The number of aliphatic hydroxyl groups is 1. The van der Waals surface area contributed by atoms with Gasteiger partial charge in [0.2, 0.25) is 0 Å². The molecule has 1 saturated heterocycles. The van der Waals surface area contributed by atoms with Crippen LogP contribution in [0.25, 0.3) is 0 Å². The first kappa shape index (κ1) is 13.7. The van der Waals surface area contributed by atoms with Gasteiger partial charge in [-0.2, -0.15) is 0 Å². The Morgan fingerprint density at radius 2 is 2.20 bits per heavy atom. The minimum Gasteiger partial charge on any atom is -0.394 e. The van der Waals surface area contributed by atoms with Gasteiger partial charge in [0.15, 0.2) is 0 Å². The number of para-hydroxylation sites is 1. The van der Waals surface area contributed by atoms with Crippen molar-refractivity contribution in [2.24, 2.45) is 4.99 Å². The molecule has 4 nitrogen and oxygen atoms in total. The molecule has 0 spiro atoms. The molecule has 0 bridgehead atoms. The highest BCUT2D eigenvalue weighted by Crippen LogP contribution is 2.48. The summed E-state index contributed by atoms with van der Waals surface area (Å²) in [5.74, 6) is 0. The van der Waals surface area contributed by atoms with E-state index in [-0.39, 0.29) is 6.61 Å². The van der Waals surface area contributed by atoms with E-state index in [1.807, 2.05) is 24.4 Å². The lowest BCUT2D eigenvalue weighted by molar-refractivity contribution is -0.115. The summed E-state index contributed by atoms with van der Waals surface area (Å²) in [6.45, 7) is 0.994. The van der Waals surface area contributed by atoms with E-state index in [4.69, 9.17) is 4.74 Å². The molecule has 0 saturated carbocycles. The smallest absolute Gasteiger partial charge is 0.120 e. The molecule has 4 heteroatoms. The van der Waals surface area contributed by atoms with Gasteiger partial charge >= 0.3 is 0 Å². The molecule has 20 heavy (non-hydrogen) atoms. The Morgan fingerprint density at radius 3 is 2.90 bits per heavy atom. The number of nitrogens with zero attached hydrogens (tertiary/aromatic N) is 1. The molecule has 2 unspecified atom stereocenters. The summed E-state index contributed by atoms with van der Waals surface area (Å²) >= 11 is 0. The van der Waals surface area contributed by atoms with Crippen LogP contribution in [0, 0.1) is 0 Å². The molecule has 0 radical (unpaired) electrons. The Hall–Kier alpha value is -1.23. The van der Waals surface area contributed by atoms with Gasteiger partial charge in [-0.3, -0.25) is 4.99 Å². The highest BCUT2D eigenvalue weighted by Gasteiger charge is 2.54. The molecule has 2 N–H and O–H groups in total. The van der Waals surface area contributed by atoms with E-state index in [1.54, 1.807) is 7.11 Å². The summed E-state index contributed by atoms with van der Waals surface area (Å²) in [7, 11) is 1.74. The van der Waals surface area contributed by atoms with Crippen LogP contribution in [-0.4, -0.2) is 37.1 Å². The van der Waals surface area contributed by atoms with E-state index in [0.717, 1.165) is 37.1 Å². The number of fused-ring (bicyclic) bond motifs is 1. The van der Waals surface area contributed by atoms with Gasteiger partial charge in [0.05, 0.1) is 17.8 Å². The van der Waals surface area contributed by atoms with E-state index >= 15 is 0 Å². The Bertz CT molecular complexity index is 509. The van der Waals surface area contributed by atoms with Crippen molar-refractivity contribution in [2.75, 3.05) is 20.3 Å². The Labute approximate surface area is 119 Å². The molecule has 2 aliphatic rings. The van der Waals surface area contributed by atoms with Gasteiger partial charge < -0.3 is 15.2 Å². The molecule has 0 aromatic heterocycles. The summed E-state index contributed by atoms with van der Waals surface area (Å²) in [6.07, 6.45) is 5.78. The van der Waals surface area contributed by atoms with E-state index in [9.17, 15) is 5.11 Å². The van der Waals surface area contributed by atoms with Crippen molar-refractivity contribution in [1.82, 2.24) is 5.32 Å². The highest BCUT2D eigenvalue weighted by molar-refractivity contribution is 5.72. The monoisotopic (exact) mass is 274 g/mol. The molecule has 3 rings (SSSR count). The summed E-state index contributed by atoms with van der Waals surface area (Å²) in [4.78, 5) is 4.48. The van der Waals surface area contributed by atoms with Gasteiger partial charge in [0.1, 0.15) is 5.60 Å². The van der Waals surface area contributed by atoms with Crippen LogP contribution >= 0.6 is 0 Å². The molecular formula is C16H22N2O2. The van der Waals surface area contributed by atoms with Crippen LogP contribution in [0.3, 0.4) is 0 Å². The molecule has 2 aliphatic heterocycles. The molecule has 1 aromatic rings. The van der Waals surface area contributed by atoms with Crippen LogP contribution in [0.4, 0.5) is 5.69 Å². The van der Waals surface area contributed by atoms with Crippen LogP contribution in [-0.2, 0) is 10.3 Å². The second kappa shape index (κ2) is 5.28. The maximum Gasteiger partial charge on any atom is 0.120 e. The zero-order chi connectivity index (χ0) is 14.1. The number of ether oxygens (including phenoxy) is 1. The fraction of sp³-hybridized carbons (Fsp3) is 0.562. The fourth-order valence-corrected chi connectivity index (χ4v) is 3.73. The number of aliphatic hydroxyl groups excluding tert-OH is 1. The first-order chi connectivity index (χ1) is 9.78. The third-order valence-corrected chi connectivity index (χ3v) is 4.83. The second-order valence-electron chi connectivity index (χ2n) is 5.69. The number of rotatable bonds is 3. The maximum absolute atomic E-state index is 10.1. The molecule has 1 aromatic carbocycles. The highest BCUT2D eigenvalue weighted by atomic mass is 16.5. The van der Waals surface area contributed by atoms with E-state index in [0.29, 0.717) is 6.42 Å². The predicted octanol–water partition coefficient (Wildman–Crippen LogP) is 2.14. The van der Waals surface area contributed by atoms with Crippen molar-refractivity contribution < 1.29 is 9.84 Å².